The van der Waals surface area contributed by atoms with Crippen molar-refractivity contribution in [2.45, 2.75) is 322 Å². The van der Waals surface area contributed by atoms with Crippen LogP contribution >= 0.6 is 0 Å². The number of para-hydroxylation sites is 1. The van der Waals surface area contributed by atoms with Crippen molar-refractivity contribution < 1.29 is 181 Å². The number of esters is 10. The lowest BCUT2D eigenvalue weighted by molar-refractivity contribution is -0.224. The minimum Gasteiger partial charge on any atom is -0.491 e. The first-order valence-electron chi connectivity index (χ1n) is 46.6. The van der Waals surface area contributed by atoms with E-state index in [-0.39, 0.29) is 188 Å². The summed E-state index contributed by atoms with van der Waals surface area (Å²) >= 11 is 0. The van der Waals surface area contributed by atoms with Crippen molar-refractivity contribution in [3.05, 3.63) is 29.8 Å². The van der Waals surface area contributed by atoms with Gasteiger partial charge in [0.1, 0.15) is 63.1 Å². The van der Waals surface area contributed by atoms with E-state index in [0.717, 1.165) is 62.3 Å². The molecule has 3 saturated heterocycles. The molecular weight excluding hydrogens is 1870 g/mol. The molecule has 10 N–H and O–H groups in total. The van der Waals surface area contributed by atoms with Crippen molar-refractivity contribution in [3.8, 4) is 5.75 Å². The Kier molecular flexibility index (Phi) is 54.7. The van der Waals surface area contributed by atoms with E-state index in [0.29, 0.717) is 11.3 Å². The Balaban J connectivity index is 1.45. The van der Waals surface area contributed by atoms with Gasteiger partial charge in [-0.15, -0.1) is 0 Å². The molecule has 786 valence electrons. The maximum absolute atomic E-state index is 14.5. The largest absolute Gasteiger partial charge is 0.491 e. The predicted molar refractivity (Wildman–Crippen MR) is 483 cm³/mol. The lowest BCUT2D eigenvalue weighted by Crippen LogP contribution is -2.66. The predicted octanol–water partition coefficient (Wildman–Crippen LogP) is -1.26. The third kappa shape index (κ3) is 47.5. The lowest BCUT2D eigenvalue weighted by Gasteiger charge is -2.45. The number of unbranched alkanes of at least 4 members (excludes halogenated alkanes) is 3. The van der Waals surface area contributed by atoms with E-state index < -0.39 is 266 Å². The summed E-state index contributed by atoms with van der Waals surface area (Å²) < 4.78 is 77.8. The van der Waals surface area contributed by atoms with Gasteiger partial charge in [0.25, 0.3) is 17.7 Å². The smallest absolute Gasteiger partial charge is 0.303 e. The molecule has 4 rings (SSSR count). The molecule has 11 amide bonds. The van der Waals surface area contributed by atoms with Gasteiger partial charge in [-0.25, -0.2) is 0 Å². The van der Waals surface area contributed by atoms with Gasteiger partial charge in [0.05, 0.1) is 43.0 Å². The lowest BCUT2D eigenvalue weighted by atomic mass is 9.89. The van der Waals surface area contributed by atoms with Gasteiger partial charge in [-0.3, -0.25) is 115 Å². The Morgan fingerprint density at radius 1 is 0.326 bits per heavy atom. The molecule has 1 aromatic carbocycles. The van der Waals surface area contributed by atoms with E-state index in [1.165, 1.54) is 32.6 Å². The van der Waals surface area contributed by atoms with Crippen molar-refractivity contribution in [1.29, 1.82) is 0 Å². The molecule has 0 aliphatic carbocycles. The molecule has 49 heteroatoms. The second-order valence-corrected chi connectivity index (χ2v) is 33.5. The van der Waals surface area contributed by atoms with Crippen LogP contribution in [0.2, 0.25) is 0 Å². The first-order chi connectivity index (χ1) is 66.7. The van der Waals surface area contributed by atoms with Gasteiger partial charge in [-0.2, -0.15) is 0 Å². The van der Waals surface area contributed by atoms with Gasteiger partial charge >= 0.3 is 59.7 Å². The number of nitrogens with zero attached hydrogens (tertiary/aromatic N) is 1. The molecule has 3 fully saturated rings. The second kappa shape index (κ2) is 64.2. The van der Waals surface area contributed by atoms with Gasteiger partial charge in [0.15, 0.2) is 36.6 Å². The Morgan fingerprint density at radius 2 is 0.652 bits per heavy atom. The zero-order valence-electron chi connectivity index (χ0n) is 81.8. The number of amides is 11. The van der Waals surface area contributed by atoms with Crippen LogP contribution in [0.1, 0.15) is 224 Å². The van der Waals surface area contributed by atoms with Crippen LogP contribution < -0.4 is 57.9 Å². The maximum Gasteiger partial charge on any atom is 0.303 e. The molecule has 49 nitrogen and oxygen atoms in total. The summed E-state index contributed by atoms with van der Waals surface area (Å²) in [7, 11) is 0. The summed E-state index contributed by atoms with van der Waals surface area (Å²) in [6, 6.07) is 1.84. The molecule has 0 aromatic heterocycles. The van der Waals surface area contributed by atoms with Gasteiger partial charge < -0.3 is 124 Å². The standard InChI is InChI=1S/C92H135N11O38/c1-51(104)99-80-70(139-73(48-130-55(5)108)83(133-58(8)111)86(80)136-61(11)114)30-22-26-66(117)90(125)95-38-19-16-33-76(120)93-41-44-103(45-42-94-77(121)34-17-20-39-96-91(126)67(118)27-23-31-71-81(100-52(2)105)87(137-62(12)115)84(134-59(9)112)74(140-71)49-131-56(6)109)79(123)37-36-65(89(124)98-43-46-128-69-29-15-14-25-64(69)47-129-54(4)107)102-78(122)35-18-21-40-97-92(127)68(119)28-24-32-72-82(101-53(3)106)88(138-63(13)116)85(135-60(10)113)75(141-72)50-132-57(7)110/h14-15,25,29,65,70-75,80-88H,16-24,26-28,30-50H2,1-13H3,(H,93,120)(H,94,121)(H,95,125)(H,96,126)(H,97,127)(H,98,124)(H,99,104)(H,100,105)(H,101,106)(H,102,122)/t65-,70?,71?,72?,73?,74?,75?,80?,81?,82?,83?,84?,85?,86?,87?,88?/m0/s1. The highest BCUT2D eigenvalue weighted by atomic mass is 16.7. The summed E-state index contributed by atoms with van der Waals surface area (Å²) in [6.07, 6.45) is -16.0. The van der Waals surface area contributed by atoms with Crippen LogP contribution in [0.15, 0.2) is 24.3 Å². The fraction of sp³-hybridized carbons (Fsp3) is 0.674. The average molecular weight is 2000 g/mol. The fourth-order valence-electron chi connectivity index (χ4n) is 15.4. The van der Waals surface area contributed by atoms with Crippen molar-refractivity contribution in [1.82, 2.24) is 58.1 Å². The molecule has 0 bridgehead atoms. The van der Waals surface area contributed by atoms with E-state index in [4.69, 9.17) is 66.3 Å². The summed E-state index contributed by atoms with van der Waals surface area (Å²) in [6.45, 7) is 12.0. The molecule has 16 atom stereocenters. The van der Waals surface area contributed by atoms with Crippen LogP contribution in [0, 0.1) is 0 Å². The Hall–Kier alpha value is -13.2. The SMILES string of the molecule is CC(=O)NC1C(CCCC(=O)C(=O)NCCCCC(=O)NCCN(CCNC(=O)CCCCNC(=O)C(=O)CCCC2OC(COC(C)=O)C(OC(C)=O)C(OC(C)=O)C2NC(C)=O)C(=O)CC[C@H](NC(=O)CCCCNC(=O)C(=O)CCCC2OC(COC(C)=O)C(OC(C)=O)C(OC(C)=O)C2NC(C)=O)C(=O)NCCOc2ccccc2COC(C)=O)OC(COC(C)=O)C(OC(C)=O)C1OC(C)=O. The van der Waals surface area contributed by atoms with Crippen molar-refractivity contribution in [2.75, 3.05) is 78.8 Å². The van der Waals surface area contributed by atoms with E-state index in [2.05, 4.69) is 53.2 Å². The summed E-state index contributed by atoms with van der Waals surface area (Å²) in [5.74, 6) is -17.4. The van der Waals surface area contributed by atoms with Crippen LogP contribution in [-0.2, 0) is 183 Å². The Bertz CT molecular complexity index is 4340. The summed E-state index contributed by atoms with van der Waals surface area (Å²) in [5.41, 5.74) is 0.510. The molecule has 1 aromatic rings. The van der Waals surface area contributed by atoms with E-state index in [9.17, 15) is 115 Å². The third-order valence-electron chi connectivity index (χ3n) is 21.6. The molecular formula is C92H135N11O38. The number of hydrogen-bond donors (Lipinski definition) is 10. The van der Waals surface area contributed by atoms with Gasteiger partial charge in [-0.1, -0.05) is 18.2 Å². The number of ether oxygens (including phenoxy) is 14. The molecule has 0 radical (unpaired) electrons. The first-order valence-corrected chi connectivity index (χ1v) is 46.6. The molecule has 141 heavy (non-hydrogen) atoms. The zero-order chi connectivity index (χ0) is 105. The minimum absolute atomic E-state index is 0.00521. The van der Waals surface area contributed by atoms with Crippen LogP contribution in [0.25, 0.3) is 0 Å². The fourth-order valence-corrected chi connectivity index (χ4v) is 15.4. The number of hydrogen-bond acceptors (Lipinski definition) is 38. The number of ketones is 3. The Labute approximate surface area is 815 Å². The van der Waals surface area contributed by atoms with E-state index in [1.54, 1.807) is 24.3 Å². The Morgan fingerprint density at radius 3 is 0.979 bits per heavy atom. The molecule has 3 aliphatic heterocycles. The third-order valence-corrected chi connectivity index (χ3v) is 21.6. The van der Waals surface area contributed by atoms with E-state index >= 15 is 0 Å². The number of carbonyl (C=O) groups is 24. The average Bonchev–Trinajstić information content (AvgIpc) is 0.792. The number of Topliss-reactive ketones (excluding diaryl/α,β-unsaturated/α-hetero) is 3. The van der Waals surface area contributed by atoms with Gasteiger partial charge in [0.2, 0.25) is 64.6 Å². The molecule has 0 saturated carbocycles. The van der Waals surface area contributed by atoms with E-state index in [1.807, 2.05) is 0 Å². The number of rotatable bonds is 62. The molecule has 15 unspecified atom stereocenters. The van der Waals surface area contributed by atoms with Gasteiger partial charge in [-0.05, 0) is 89.5 Å². The highest BCUT2D eigenvalue weighted by Crippen LogP contribution is 2.34. The number of benzene rings is 1. The number of carbonyl (C=O) groups excluding carboxylic acids is 24. The highest BCUT2D eigenvalue weighted by molar-refractivity contribution is 6.37. The normalized spacial score (nSPS) is 20.7. The molecule has 3 aliphatic rings. The highest BCUT2D eigenvalue weighted by Gasteiger charge is 2.54. The first kappa shape index (κ1) is 120. The second-order valence-electron chi connectivity index (χ2n) is 33.5. The monoisotopic (exact) mass is 2000 g/mol. The van der Waals surface area contributed by atoms with Crippen molar-refractivity contribution >= 4 is 142 Å². The molecule has 3 heterocycles. The summed E-state index contributed by atoms with van der Waals surface area (Å²) in [5, 5.41) is 26.3. The zero-order valence-corrected chi connectivity index (χ0v) is 81.8. The summed E-state index contributed by atoms with van der Waals surface area (Å²) in [4.78, 5) is 307. The van der Waals surface area contributed by atoms with Crippen LogP contribution in [0.3, 0.4) is 0 Å². The van der Waals surface area contributed by atoms with Crippen molar-refractivity contribution in [2.24, 2.45) is 0 Å². The van der Waals surface area contributed by atoms with Gasteiger partial charge in [0, 0.05) is 186 Å². The van der Waals surface area contributed by atoms with Crippen molar-refractivity contribution in [3.63, 3.8) is 0 Å². The van der Waals surface area contributed by atoms with Crippen LogP contribution in [0.4, 0.5) is 0 Å². The molecule has 0 spiro atoms. The topological polar surface area (TPSA) is 662 Å². The number of nitrogens with one attached hydrogen (secondary N) is 10. The van der Waals surface area contributed by atoms with Crippen LogP contribution in [-0.4, -0.2) is 323 Å². The minimum atomic E-state index is -1.40. The van der Waals surface area contributed by atoms with Crippen LogP contribution in [0.5, 0.6) is 5.75 Å². The maximum atomic E-state index is 14.5. The quantitative estimate of drug-likeness (QED) is 0.0158.